The van der Waals surface area contributed by atoms with Gasteiger partial charge in [-0.3, -0.25) is 10.3 Å². The summed E-state index contributed by atoms with van der Waals surface area (Å²) in [6.45, 7) is 1.75. The molecule has 0 saturated heterocycles. The van der Waals surface area contributed by atoms with Crippen molar-refractivity contribution in [3.63, 3.8) is 0 Å². The van der Waals surface area contributed by atoms with Crippen LogP contribution >= 0.6 is 11.6 Å². The van der Waals surface area contributed by atoms with E-state index < -0.39 is 6.03 Å². The van der Waals surface area contributed by atoms with Gasteiger partial charge in [-0.1, -0.05) is 16.8 Å². The minimum atomic E-state index is -0.516. The van der Waals surface area contributed by atoms with Gasteiger partial charge in [-0.25, -0.2) is 4.79 Å². The van der Waals surface area contributed by atoms with Gasteiger partial charge in [-0.15, -0.1) is 0 Å². The smallest absolute Gasteiger partial charge is 0.326 e. The first-order chi connectivity index (χ1) is 15.5. The van der Waals surface area contributed by atoms with Crippen LogP contribution in [0.5, 0.6) is 23.0 Å². The van der Waals surface area contributed by atoms with E-state index >= 15 is 0 Å². The van der Waals surface area contributed by atoms with Crippen LogP contribution in [0.3, 0.4) is 0 Å². The Hall–Kier alpha value is -3.98. The summed E-state index contributed by atoms with van der Waals surface area (Å²) in [6, 6.07) is 11.3. The number of aromatic nitrogens is 2. The largest absolute Gasteiger partial charge is 0.493 e. The van der Waals surface area contributed by atoms with E-state index in [1.165, 1.54) is 0 Å². The Bertz CT molecular complexity index is 1290. The van der Waals surface area contributed by atoms with E-state index in [0.29, 0.717) is 44.9 Å². The molecule has 9 nitrogen and oxygen atoms in total. The number of halogens is 1. The zero-order valence-corrected chi connectivity index (χ0v) is 18.2. The van der Waals surface area contributed by atoms with E-state index in [2.05, 4.69) is 20.8 Å². The van der Waals surface area contributed by atoms with Gasteiger partial charge in [0.1, 0.15) is 11.5 Å². The first kappa shape index (κ1) is 21.3. The number of amides is 2. The quantitative estimate of drug-likeness (QED) is 0.388. The third-order valence-electron chi connectivity index (χ3n) is 4.49. The molecule has 0 fully saturated rings. The molecule has 2 N–H and O–H groups in total. The van der Waals surface area contributed by atoms with Crippen molar-refractivity contribution in [3.8, 4) is 23.0 Å². The van der Waals surface area contributed by atoms with Crippen molar-refractivity contribution in [2.75, 3.05) is 24.9 Å². The van der Waals surface area contributed by atoms with Crippen LogP contribution in [-0.4, -0.2) is 30.4 Å². The molecule has 0 unspecified atom stereocenters. The summed E-state index contributed by atoms with van der Waals surface area (Å²) in [5.74, 6) is 2.40. The molecule has 32 heavy (non-hydrogen) atoms. The van der Waals surface area contributed by atoms with Gasteiger partial charge in [0.05, 0.1) is 36.1 Å². The van der Waals surface area contributed by atoms with E-state index in [-0.39, 0.29) is 5.88 Å². The van der Waals surface area contributed by atoms with Crippen molar-refractivity contribution < 1.29 is 23.5 Å². The van der Waals surface area contributed by atoms with Gasteiger partial charge in [-0.05, 0) is 31.2 Å². The molecule has 2 aromatic carbocycles. The third-order valence-corrected chi connectivity index (χ3v) is 4.80. The van der Waals surface area contributed by atoms with Crippen LogP contribution in [0.2, 0.25) is 5.02 Å². The van der Waals surface area contributed by atoms with E-state index in [1.807, 2.05) is 0 Å². The fourth-order valence-corrected chi connectivity index (χ4v) is 3.23. The van der Waals surface area contributed by atoms with Gasteiger partial charge in [-0.2, -0.15) is 0 Å². The topological polar surface area (TPSA) is 108 Å². The van der Waals surface area contributed by atoms with Crippen molar-refractivity contribution in [1.29, 1.82) is 0 Å². The highest BCUT2D eigenvalue weighted by molar-refractivity contribution is 6.34. The van der Waals surface area contributed by atoms with Crippen LogP contribution in [-0.2, 0) is 0 Å². The number of nitrogens with one attached hydrogen (secondary N) is 2. The average molecular weight is 455 g/mol. The molecule has 0 atom stereocenters. The monoisotopic (exact) mass is 454 g/mol. The summed E-state index contributed by atoms with van der Waals surface area (Å²) in [7, 11) is 3.13. The minimum Gasteiger partial charge on any atom is -0.493 e. The standard InChI is InChI=1S/C22H19ClN4O5/c1-12-8-21(32-27-12)26-22(28)25-16-5-4-13(9-15(16)23)31-18-6-7-24-17-11-20(30-3)19(29-2)10-14(17)18/h4-11H,1-3H3,(H2,25,26,28). The number of rotatable bonds is 6. The zero-order valence-electron chi connectivity index (χ0n) is 17.4. The highest BCUT2D eigenvalue weighted by Gasteiger charge is 2.13. The van der Waals surface area contributed by atoms with Gasteiger partial charge in [0.25, 0.3) is 0 Å². The highest BCUT2D eigenvalue weighted by atomic mass is 35.5. The summed E-state index contributed by atoms with van der Waals surface area (Å²) in [4.78, 5) is 16.5. The highest BCUT2D eigenvalue weighted by Crippen LogP contribution is 2.37. The van der Waals surface area contributed by atoms with Crippen molar-refractivity contribution in [2.45, 2.75) is 6.92 Å². The molecule has 0 aliphatic rings. The van der Waals surface area contributed by atoms with E-state index in [4.69, 9.17) is 30.3 Å². The maximum Gasteiger partial charge on any atom is 0.326 e. The molecule has 0 spiro atoms. The normalized spacial score (nSPS) is 10.6. The molecule has 0 radical (unpaired) electrons. The number of hydrogen-bond donors (Lipinski definition) is 2. The first-order valence-electron chi connectivity index (χ1n) is 9.46. The summed E-state index contributed by atoms with van der Waals surface area (Å²) >= 11 is 6.35. The second kappa shape index (κ2) is 9.03. The Balaban J connectivity index is 1.53. The third kappa shape index (κ3) is 4.52. The van der Waals surface area contributed by atoms with Crippen LogP contribution in [0.25, 0.3) is 10.9 Å². The van der Waals surface area contributed by atoms with Gasteiger partial charge in [0.2, 0.25) is 5.88 Å². The number of urea groups is 1. The Labute approximate surface area is 188 Å². The SMILES string of the molecule is COc1cc2nccc(Oc3ccc(NC(=O)Nc4cc(C)no4)c(Cl)c3)c2cc1OC. The first-order valence-corrected chi connectivity index (χ1v) is 9.84. The lowest BCUT2D eigenvalue weighted by molar-refractivity contribution is 0.261. The number of pyridine rings is 1. The number of anilines is 2. The number of carbonyl (C=O) groups is 1. The Morgan fingerprint density at radius 1 is 1.00 bits per heavy atom. The minimum absolute atomic E-state index is 0.229. The summed E-state index contributed by atoms with van der Waals surface area (Å²) in [5.41, 5.74) is 1.74. The molecule has 2 aromatic heterocycles. The molecule has 0 saturated carbocycles. The number of ether oxygens (including phenoxy) is 3. The van der Waals surface area contributed by atoms with E-state index in [9.17, 15) is 4.79 Å². The molecule has 0 bridgehead atoms. The van der Waals surface area contributed by atoms with Crippen LogP contribution < -0.4 is 24.8 Å². The molecule has 0 aliphatic heterocycles. The number of benzene rings is 2. The molecular weight excluding hydrogens is 436 g/mol. The van der Waals surface area contributed by atoms with Crippen molar-refractivity contribution >= 4 is 40.1 Å². The second-order valence-electron chi connectivity index (χ2n) is 6.69. The maximum absolute atomic E-state index is 12.1. The van der Waals surface area contributed by atoms with Gasteiger partial charge >= 0.3 is 6.03 Å². The Morgan fingerprint density at radius 2 is 1.78 bits per heavy atom. The Morgan fingerprint density at radius 3 is 2.47 bits per heavy atom. The van der Waals surface area contributed by atoms with E-state index in [1.54, 1.807) is 69.8 Å². The van der Waals surface area contributed by atoms with Crippen LogP contribution in [0.15, 0.2) is 53.2 Å². The van der Waals surface area contributed by atoms with Crippen molar-refractivity contribution in [3.05, 3.63) is 59.4 Å². The van der Waals surface area contributed by atoms with Gasteiger partial charge in [0.15, 0.2) is 11.5 Å². The molecule has 2 amide bonds. The molecule has 4 rings (SSSR count). The predicted molar refractivity (Wildman–Crippen MR) is 120 cm³/mol. The number of methoxy groups -OCH3 is 2. The Kier molecular flexibility index (Phi) is 6.00. The van der Waals surface area contributed by atoms with Gasteiger partial charge in [0, 0.05) is 29.8 Å². The van der Waals surface area contributed by atoms with Gasteiger partial charge < -0.3 is 24.1 Å². The summed E-state index contributed by atoms with van der Waals surface area (Å²) < 4.78 is 21.7. The number of nitrogens with zero attached hydrogens (tertiary/aromatic N) is 2. The number of hydrogen-bond acceptors (Lipinski definition) is 7. The van der Waals surface area contributed by atoms with Crippen LogP contribution in [0, 0.1) is 6.92 Å². The molecule has 164 valence electrons. The molecular formula is C22H19ClN4O5. The van der Waals surface area contributed by atoms with E-state index in [0.717, 1.165) is 5.39 Å². The molecule has 4 aromatic rings. The maximum atomic E-state index is 12.1. The second-order valence-corrected chi connectivity index (χ2v) is 7.10. The number of aryl methyl sites for hydroxylation is 1. The number of carbonyl (C=O) groups excluding carboxylic acids is 1. The molecule has 2 heterocycles. The fraction of sp³-hybridized carbons (Fsp3) is 0.136. The fourth-order valence-electron chi connectivity index (χ4n) is 3.01. The molecule has 0 aliphatic carbocycles. The van der Waals surface area contributed by atoms with Crippen LogP contribution in [0.1, 0.15) is 5.69 Å². The van der Waals surface area contributed by atoms with Crippen molar-refractivity contribution in [1.82, 2.24) is 10.1 Å². The lowest BCUT2D eigenvalue weighted by Gasteiger charge is -2.13. The lowest BCUT2D eigenvalue weighted by Crippen LogP contribution is -2.19. The summed E-state index contributed by atoms with van der Waals surface area (Å²) in [5, 5.41) is 9.93. The zero-order chi connectivity index (χ0) is 22.7. The lowest BCUT2D eigenvalue weighted by atomic mass is 10.2. The average Bonchev–Trinajstić information content (AvgIpc) is 3.19. The predicted octanol–water partition coefficient (Wildman–Crippen LogP) is 5.64. The number of fused-ring (bicyclic) bond motifs is 1. The van der Waals surface area contributed by atoms with Crippen LogP contribution in [0.4, 0.5) is 16.4 Å². The summed E-state index contributed by atoms with van der Waals surface area (Å²) in [6.07, 6.45) is 1.64. The van der Waals surface area contributed by atoms with Crippen molar-refractivity contribution in [2.24, 2.45) is 0 Å². The molecule has 10 heteroatoms.